The van der Waals surface area contributed by atoms with Crippen molar-refractivity contribution in [2.75, 3.05) is 27.9 Å². The molecular formula is C24H26N2O5. The number of rotatable bonds is 4. The maximum atomic E-state index is 11.2. The van der Waals surface area contributed by atoms with E-state index in [-0.39, 0.29) is 23.8 Å². The van der Waals surface area contributed by atoms with Crippen LogP contribution in [0, 0.1) is 0 Å². The third-order valence-corrected chi connectivity index (χ3v) is 6.41. The number of hydrazone groups is 1. The molecule has 0 saturated carbocycles. The van der Waals surface area contributed by atoms with Gasteiger partial charge in [-0.2, -0.15) is 5.10 Å². The lowest BCUT2D eigenvalue weighted by molar-refractivity contribution is 0.155. The van der Waals surface area contributed by atoms with E-state index in [1.165, 1.54) is 0 Å². The van der Waals surface area contributed by atoms with E-state index in [0.29, 0.717) is 35.8 Å². The molecule has 2 aromatic carbocycles. The molecule has 3 heterocycles. The van der Waals surface area contributed by atoms with E-state index in [0.717, 1.165) is 28.2 Å². The first-order valence-electron chi connectivity index (χ1n) is 10.3. The number of phenolic OH excluding ortho intramolecular Hbond substituents is 1. The predicted octanol–water partition coefficient (Wildman–Crippen LogP) is 3.48. The van der Waals surface area contributed by atoms with Gasteiger partial charge in [0.05, 0.1) is 31.9 Å². The smallest absolute Gasteiger partial charge is 0.164 e. The minimum absolute atomic E-state index is 0.0210. The van der Waals surface area contributed by atoms with Gasteiger partial charge in [-0.1, -0.05) is 6.58 Å². The molecule has 7 nitrogen and oxygen atoms in total. The molecule has 0 aromatic heterocycles. The molecule has 3 aliphatic heterocycles. The molecule has 31 heavy (non-hydrogen) atoms. The van der Waals surface area contributed by atoms with E-state index in [4.69, 9.17) is 24.0 Å². The van der Waals surface area contributed by atoms with Crippen molar-refractivity contribution in [3.05, 3.63) is 53.1 Å². The van der Waals surface area contributed by atoms with Gasteiger partial charge in [0, 0.05) is 36.2 Å². The summed E-state index contributed by atoms with van der Waals surface area (Å²) in [6, 6.07) is 7.63. The summed E-state index contributed by atoms with van der Waals surface area (Å²) in [5.41, 5.74) is 4.23. The highest BCUT2D eigenvalue weighted by Crippen LogP contribution is 2.48. The maximum absolute atomic E-state index is 11.2. The van der Waals surface area contributed by atoms with Crippen LogP contribution in [0.15, 0.2) is 41.5 Å². The first-order chi connectivity index (χ1) is 14.9. The molecule has 0 radical (unpaired) electrons. The monoisotopic (exact) mass is 422 g/mol. The fourth-order valence-electron chi connectivity index (χ4n) is 4.69. The summed E-state index contributed by atoms with van der Waals surface area (Å²) < 4.78 is 22.9. The second-order valence-corrected chi connectivity index (χ2v) is 8.26. The molecule has 0 aliphatic carbocycles. The number of fused-ring (bicyclic) bond motifs is 4. The fraction of sp³-hybridized carbons (Fsp3) is 0.375. The summed E-state index contributed by atoms with van der Waals surface area (Å²) in [4.78, 5) is 0. The van der Waals surface area contributed by atoms with Gasteiger partial charge in [0.25, 0.3) is 0 Å². The lowest BCUT2D eigenvalue weighted by Gasteiger charge is -2.32. The Morgan fingerprint density at radius 2 is 1.94 bits per heavy atom. The number of methoxy groups -OCH3 is 2. The zero-order valence-electron chi connectivity index (χ0n) is 18.1. The molecule has 0 bridgehead atoms. The summed E-state index contributed by atoms with van der Waals surface area (Å²) >= 11 is 0. The second-order valence-electron chi connectivity index (χ2n) is 8.26. The van der Waals surface area contributed by atoms with Crippen molar-refractivity contribution in [2.45, 2.75) is 31.4 Å². The number of hydrogen-bond acceptors (Lipinski definition) is 7. The Hall–Kier alpha value is -3.35. The summed E-state index contributed by atoms with van der Waals surface area (Å²) in [7, 11) is 5.16. The van der Waals surface area contributed by atoms with Crippen molar-refractivity contribution in [3.8, 4) is 28.7 Å². The highest BCUT2D eigenvalue weighted by molar-refractivity contribution is 6.09. The normalized spacial score (nSPS) is 23.2. The van der Waals surface area contributed by atoms with Crippen LogP contribution in [0.25, 0.3) is 0 Å². The summed E-state index contributed by atoms with van der Waals surface area (Å²) in [6.07, 6.45) is 0.490. The maximum Gasteiger partial charge on any atom is 0.164 e. The number of benzene rings is 2. The minimum atomic E-state index is -0.113. The van der Waals surface area contributed by atoms with Crippen LogP contribution >= 0.6 is 0 Å². The number of hydrogen-bond donors (Lipinski definition) is 1. The number of aromatic hydroxyl groups is 1. The second kappa shape index (κ2) is 7.11. The van der Waals surface area contributed by atoms with Gasteiger partial charge >= 0.3 is 0 Å². The summed E-state index contributed by atoms with van der Waals surface area (Å²) in [5.74, 6) is 2.85. The number of likely N-dealkylation sites (N-methyl/N-ethyl adjacent to an activating group) is 1. The van der Waals surface area contributed by atoms with Gasteiger partial charge in [-0.3, -0.25) is 5.01 Å². The standard InChI is InChI=1S/C24H26N2O5/c1-12(2)18-9-15-17(31-18)7-6-13(24(15)27)23-22-14-8-20(28-4)21(29-5)10-19(14)30-11-16(22)26(3)25-23/h6-8,10,16,18,22,27H,1,9,11H2,2-5H3/t16-,18-,22+/m1/s1. The van der Waals surface area contributed by atoms with E-state index in [9.17, 15) is 5.11 Å². The Kier molecular flexibility index (Phi) is 4.50. The molecule has 3 atom stereocenters. The highest BCUT2D eigenvalue weighted by Gasteiger charge is 2.44. The molecule has 3 aliphatic rings. The molecule has 0 amide bonds. The van der Waals surface area contributed by atoms with Crippen LogP contribution in [0.5, 0.6) is 28.7 Å². The van der Waals surface area contributed by atoms with Crippen LogP contribution in [-0.4, -0.2) is 55.8 Å². The Morgan fingerprint density at radius 1 is 1.19 bits per heavy atom. The Balaban J connectivity index is 1.60. The summed E-state index contributed by atoms with van der Waals surface area (Å²) in [6.45, 7) is 6.43. The highest BCUT2D eigenvalue weighted by atomic mass is 16.5. The molecule has 162 valence electrons. The van der Waals surface area contributed by atoms with Gasteiger partial charge in [0.15, 0.2) is 11.5 Å². The Bertz CT molecular complexity index is 1110. The average Bonchev–Trinajstić information content (AvgIpc) is 3.35. The molecule has 0 fully saturated rings. The van der Waals surface area contributed by atoms with Crippen molar-refractivity contribution in [2.24, 2.45) is 5.10 Å². The van der Waals surface area contributed by atoms with Crippen LogP contribution in [0.2, 0.25) is 0 Å². The lowest BCUT2D eigenvalue weighted by Crippen LogP contribution is -2.38. The quantitative estimate of drug-likeness (QED) is 0.761. The van der Waals surface area contributed by atoms with Crippen molar-refractivity contribution in [1.29, 1.82) is 0 Å². The van der Waals surface area contributed by atoms with Crippen LogP contribution in [0.3, 0.4) is 0 Å². The predicted molar refractivity (Wildman–Crippen MR) is 117 cm³/mol. The van der Waals surface area contributed by atoms with Gasteiger partial charge in [-0.05, 0) is 30.7 Å². The number of phenols is 1. The third-order valence-electron chi connectivity index (χ3n) is 6.41. The van der Waals surface area contributed by atoms with Crippen molar-refractivity contribution < 1.29 is 24.1 Å². The Labute approximate surface area is 181 Å². The first kappa shape index (κ1) is 19.6. The number of nitrogens with zero attached hydrogens (tertiary/aromatic N) is 2. The number of ether oxygens (including phenoxy) is 4. The van der Waals surface area contributed by atoms with E-state index in [2.05, 4.69) is 6.58 Å². The summed E-state index contributed by atoms with van der Waals surface area (Å²) in [5, 5.41) is 17.9. The topological polar surface area (TPSA) is 72.8 Å². The molecular weight excluding hydrogens is 396 g/mol. The van der Waals surface area contributed by atoms with E-state index >= 15 is 0 Å². The van der Waals surface area contributed by atoms with E-state index < -0.39 is 0 Å². The van der Waals surface area contributed by atoms with Gasteiger partial charge in [-0.25, -0.2) is 0 Å². The van der Waals surface area contributed by atoms with Gasteiger partial charge in [-0.15, -0.1) is 0 Å². The van der Waals surface area contributed by atoms with Crippen LogP contribution < -0.4 is 18.9 Å². The molecule has 7 heteroatoms. The van der Waals surface area contributed by atoms with Crippen molar-refractivity contribution >= 4 is 5.71 Å². The molecule has 1 N–H and O–H groups in total. The molecule has 5 rings (SSSR count). The lowest BCUT2D eigenvalue weighted by atomic mass is 9.82. The third kappa shape index (κ3) is 2.91. The van der Waals surface area contributed by atoms with Crippen LogP contribution in [0.1, 0.15) is 29.5 Å². The minimum Gasteiger partial charge on any atom is -0.507 e. The Morgan fingerprint density at radius 3 is 2.65 bits per heavy atom. The SMILES string of the molecule is C=C(C)[C@H]1Cc2c(ccc(C3=NN(C)[C@@H]4COc5cc(OC)c(OC)cc5[C@H]34)c2O)O1. The van der Waals surface area contributed by atoms with Crippen LogP contribution in [0.4, 0.5) is 0 Å². The zero-order valence-corrected chi connectivity index (χ0v) is 18.1. The van der Waals surface area contributed by atoms with Gasteiger partial charge < -0.3 is 24.1 Å². The molecule has 2 aromatic rings. The molecule has 0 spiro atoms. The average molecular weight is 422 g/mol. The largest absolute Gasteiger partial charge is 0.507 e. The van der Waals surface area contributed by atoms with Crippen molar-refractivity contribution in [3.63, 3.8) is 0 Å². The molecule has 0 unspecified atom stereocenters. The van der Waals surface area contributed by atoms with Crippen LogP contribution in [-0.2, 0) is 6.42 Å². The van der Waals surface area contributed by atoms with Crippen molar-refractivity contribution in [1.82, 2.24) is 5.01 Å². The van der Waals surface area contributed by atoms with Gasteiger partial charge in [0.2, 0.25) is 0 Å². The fourth-order valence-corrected chi connectivity index (χ4v) is 4.69. The first-order valence-corrected chi connectivity index (χ1v) is 10.3. The van der Waals surface area contributed by atoms with E-state index in [1.54, 1.807) is 14.2 Å². The molecule has 0 saturated heterocycles. The van der Waals surface area contributed by atoms with Gasteiger partial charge in [0.1, 0.15) is 30.0 Å². The zero-order chi connectivity index (χ0) is 21.9. The van der Waals surface area contributed by atoms with E-state index in [1.807, 2.05) is 43.2 Å².